The quantitative estimate of drug-likeness (QED) is 0.568. The number of alkyl halides is 3. The third-order valence-corrected chi connectivity index (χ3v) is 6.81. The highest BCUT2D eigenvalue weighted by molar-refractivity contribution is 5.89. The van der Waals surface area contributed by atoms with Crippen molar-refractivity contribution in [2.75, 3.05) is 23.3 Å². The molecule has 1 saturated heterocycles. The first-order valence-electron chi connectivity index (χ1n) is 11.8. The maximum atomic E-state index is 12.8. The molecule has 0 spiro atoms. The number of para-hydroxylation sites is 1. The Morgan fingerprint density at radius 2 is 1.82 bits per heavy atom. The molecule has 1 aromatic carbocycles. The van der Waals surface area contributed by atoms with Crippen molar-refractivity contribution in [2.24, 2.45) is 11.8 Å². The van der Waals surface area contributed by atoms with Crippen LogP contribution in [-0.2, 0) is 6.18 Å². The van der Waals surface area contributed by atoms with E-state index in [-0.39, 0.29) is 12.1 Å². The Bertz CT molecular complexity index is 904. The van der Waals surface area contributed by atoms with E-state index in [0.717, 1.165) is 69.6 Å². The number of hydrogen-bond acceptors (Lipinski definition) is 3. The SMILES string of the molecule is O=C(Nc1ccccc1)N[C@@H]1CCCC[C@H]1C[C@H]1CCCN(c2ccc(C(F)(F)F)cn2)C1. The Kier molecular flexibility index (Phi) is 7.40. The zero-order valence-electron chi connectivity index (χ0n) is 18.7. The van der Waals surface area contributed by atoms with Gasteiger partial charge in [-0.05, 0) is 68.2 Å². The highest BCUT2D eigenvalue weighted by atomic mass is 19.4. The van der Waals surface area contributed by atoms with E-state index >= 15 is 0 Å². The van der Waals surface area contributed by atoms with Gasteiger partial charge in [-0.15, -0.1) is 0 Å². The van der Waals surface area contributed by atoms with Crippen molar-refractivity contribution in [2.45, 2.75) is 57.2 Å². The summed E-state index contributed by atoms with van der Waals surface area (Å²) >= 11 is 0. The molecule has 0 unspecified atom stereocenters. The summed E-state index contributed by atoms with van der Waals surface area (Å²) in [6.45, 7) is 1.60. The predicted molar refractivity (Wildman–Crippen MR) is 123 cm³/mol. The summed E-state index contributed by atoms with van der Waals surface area (Å²) in [5, 5.41) is 6.10. The van der Waals surface area contributed by atoms with Crippen molar-refractivity contribution in [1.82, 2.24) is 10.3 Å². The molecule has 8 heteroatoms. The average Bonchev–Trinajstić information content (AvgIpc) is 2.81. The second-order valence-electron chi connectivity index (χ2n) is 9.21. The first-order valence-corrected chi connectivity index (χ1v) is 11.8. The molecule has 3 atom stereocenters. The number of amides is 2. The number of nitrogens with one attached hydrogen (secondary N) is 2. The maximum absolute atomic E-state index is 12.8. The van der Waals surface area contributed by atoms with Gasteiger partial charge in [-0.3, -0.25) is 0 Å². The number of aromatic nitrogens is 1. The molecule has 2 aliphatic rings. The van der Waals surface area contributed by atoms with Crippen LogP contribution in [0, 0.1) is 11.8 Å². The number of rotatable bonds is 5. The number of carbonyl (C=O) groups excluding carboxylic acids is 1. The van der Waals surface area contributed by atoms with Crippen LogP contribution in [0.15, 0.2) is 48.7 Å². The van der Waals surface area contributed by atoms with Crippen molar-refractivity contribution in [1.29, 1.82) is 0 Å². The van der Waals surface area contributed by atoms with Crippen LogP contribution >= 0.6 is 0 Å². The van der Waals surface area contributed by atoms with E-state index in [1.165, 1.54) is 12.5 Å². The lowest BCUT2D eigenvalue weighted by Gasteiger charge is -2.38. The number of hydrogen-bond donors (Lipinski definition) is 2. The van der Waals surface area contributed by atoms with Crippen molar-refractivity contribution >= 4 is 17.5 Å². The van der Waals surface area contributed by atoms with Gasteiger partial charge in [-0.2, -0.15) is 13.2 Å². The van der Waals surface area contributed by atoms with Crippen molar-refractivity contribution < 1.29 is 18.0 Å². The fourth-order valence-electron chi connectivity index (χ4n) is 5.17. The molecule has 33 heavy (non-hydrogen) atoms. The van der Waals surface area contributed by atoms with E-state index < -0.39 is 11.7 Å². The van der Waals surface area contributed by atoms with Crippen LogP contribution in [0.2, 0.25) is 0 Å². The maximum Gasteiger partial charge on any atom is 0.417 e. The van der Waals surface area contributed by atoms with Crippen LogP contribution < -0.4 is 15.5 Å². The molecule has 2 N–H and O–H groups in total. The van der Waals surface area contributed by atoms with Crippen LogP contribution in [-0.4, -0.2) is 30.1 Å². The molecule has 1 aliphatic carbocycles. The summed E-state index contributed by atoms with van der Waals surface area (Å²) in [5.74, 6) is 1.45. The minimum atomic E-state index is -4.37. The number of anilines is 2. The molecule has 1 saturated carbocycles. The van der Waals surface area contributed by atoms with E-state index in [1.807, 2.05) is 30.3 Å². The molecule has 2 amide bonds. The fourth-order valence-corrected chi connectivity index (χ4v) is 5.17. The minimum absolute atomic E-state index is 0.141. The van der Waals surface area contributed by atoms with E-state index in [9.17, 15) is 18.0 Å². The number of benzene rings is 1. The third-order valence-electron chi connectivity index (χ3n) is 6.81. The van der Waals surface area contributed by atoms with Crippen LogP contribution in [0.5, 0.6) is 0 Å². The van der Waals surface area contributed by atoms with Gasteiger partial charge < -0.3 is 15.5 Å². The van der Waals surface area contributed by atoms with Gasteiger partial charge in [0.1, 0.15) is 5.82 Å². The topological polar surface area (TPSA) is 57.3 Å². The van der Waals surface area contributed by atoms with Crippen LogP contribution in [0.25, 0.3) is 0 Å². The van der Waals surface area contributed by atoms with Gasteiger partial charge in [0.2, 0.25) is 0 Å². The molecule has 2 heterocycles. The largest absolute Gasteiger partial charge is 0.417 e. The summed E-state index contributed by atoms with van der Waals surface area (Å²) in [7, 11) is 0. The number of halogens is 3. The molecular weight excluding hydrogens is 429 g/mol. The van der Waals surface area contributed by atoms with Crippen molar-refractivity contribution in [3.63, 3.8) is 0 Å². The van der Waals surface area contributed by atoms with Crippen molar-refractivity contribution in [3.05, 3.63) is 54.2 Å². The molecule has 178 valence electrons. The van der Waals surface area contributed by atoms with Crippen molar-refractivity contribution in [3.8, 4) is 0 Å². The number of carbonyl (C=O) groups is 1. The molecule has 1 aliphatic heterocycles. The Morgan fingerprint density at radius 1 is 1.03 bits per heavy atom. The Morgan fingerprint density at radius 3 is 2.55 bits per heavy atom. The van der Waals surface area contributed by atoms with E-state index in [1.54, 1.807) is 0 Å². The lowest BCUT2D eigenvalue weighted by atomic mass is 9.77. The van der Waals surface area contributed by atoms with E-state index in [4.69, 9.17) is 0 Å². The lowest BCUT2D eigenvalue weighted by Crippen LogP contribution is -2.45. The number of nitrogens with zero attached hydrogens (tertiary/aromatic N) is 2. The summed E-state index contributed by atoms with van der Waals surface area (Å²) in [5.41, 5.74) is 0.0547. The average molecular weight is 461 g/mol. The van der Waals surface area contributed by atoms with Gasteiger partial charge in [0.15, 0.2) is 0 Å². The Balaban J connectivity index is 1.33. The normalized spacial score (nSPS) is 23.7. The summed E-state index contributed by atoms with van der Waals surface area (Å²) in [4.78, 5) is 18.7. The second kappa shape index (κ2) is 10.4. The molecule has 0 radical (unpaired) electrons. The van der Waals surface area contributed by atoms with Crippen LogP contribution in [0.1, 0.15) is 50.5 Å². The summed E-state index contributed by atoms with van der Waals surface area (Å²) in [6.07, 6.45) is 3.99. The second-order valence-corrected chi connectivity index (χ2v) is 9.21. The van der Waals surface area contributed by atoms with Crippen LogP contribution in [0.3, 0.4) is 0 Å². The fraction of sp³-hybridized carbons (Fsp3) is 0.520. The lowest BCUT2D eigenvalue weighted by molar-refractivity contribution is -0.137. The first-order chi connectivity index (χ1) is 15.9. The van der Waals surface area contributed by atoms with Gasteiger partial charge in [0.05, 0.1) is 5.56 Å². The van der Waals surface area contributed by atoms with Crippen LogP contribution in [0.4, 0.5) is 29.5 Å². The summed E-state index contributed by atoms with van der Waals surface area (Å²) < 4.78 is 38.5. The predicted octanol–water partition coefficient (Wildman–Crippen LogP) is 6.09. The molecule has 0 bridgehead atoms. The van der Waals surface area contributed by atoms with Gasteiger partial charge in [-0.1, -0.05) is 31.0 Å². The molecule has 5 nitrogen and oxygen atoms in total. The first kappa shape index (κ1) is 23.4. The van der Waals surface area contributed by atoms with Gasteiger partial charge in [-0.25, -0.2) is 9.78 Å². The van der Waals surface area contributed by atoms with E-state index in [0.29, 0.717) is 17.7 Å². The zero-order chi connectivity index (χ0) is 23.3. The molecular formula is C25H31F3N4O. The number of pyridine rings is 1. The van der Waals surface area contributed by atoms with Gasteiger partial charge in [0, 0.05) is 31.0 Å². The monoisotopic (exact) mass is 460 g/mol. The van der Waals surface area contributed by atoms with Gasteiger partial charge >= 0.3 is 12.2 Å². The standard InChI is InChI=1S/C25H31F3N4O/c26-25(27,28)20-12-13-23(29-16-20)32-14-6-7-18(17-32)15-19-8-4-5-11-22(19)31-24(33)30-21-9-2-1-3-10-21/h1-3,9-10,12-13,16,18-19,22H,4-8,11,14-15,17H2,(H2,30,31,33)/t18-,19+,22-/m1/s1. The zero-order valence-corrected chi connectivity index (χ0v) is 18.7. The number of piperidine rings is 1. The smallest absolute Gasteiger partial charge is 0.356 e. The van der Waals surface area contributed by atoms with E-state index in [2.05, 4.69) is 20.5 Å². The molecule has 2 fully saturated rings. The summed E-state index contributed by atoms with van der Waals surface area (Å²) in [6, 6.07) is 12.0. The molecule has 2 aromatic rings. The Hall–Kier alpha value is -2.77. The Labute approximate surface area is 192 Å². The highest BCUT2D eigenvalue weighted by Gasteiger charge is 2.33. The number of urea groups is 1. The van der Waals surface area contributed by atoms with Gasteiger partial charge in [0.25, 0.3) is 0 Å². The molecule has 4 rings (SSSR count). The molecule has 1 aromatic heterocycles. The third kappa shape index (κ3) is 6.39. The highest BCUT2D eigenvalue weighted by Crippen LogP contribution is 2.34. The minimum Gasteiger partial charge on any atom is -0.356 e.